The first-order chi connectivity index (χ1) is 25.2. The van der Waals surface area contributed by atoms with Gasteiger partial charge in [-0.1, -0.05) is 26.5 Å². The Labute approximate surface area is 367 Å². The van der Waals surface area contributed by atoms with E-state index in [0.717, 1.165) is 60.2 Å². The lowest BCUT2D eigenvalue weighted by Gasteiger charge is -2.50. The highest BCUT2D eigenvalue weighted by Gasteiger charge is 2.56. The summed E-state index contributed by atoms with van der Waals surface area (Å²) in [5.74, 6) is -0.601. The van der Waals surface area contributed by atoms with Crippen molar-refractivity contribution in [1.82, 2.24) is 0 Å². The first kappa shape index (κ1) is 50.2. The largest absolute Gasteiger partial charge is 0.476 e. The van der Waals surface area contributed by atoms with Crippen molar-refractivity contribution < 1.29 is 68.7 Å². The van der Waals surface area contributed by atoms with Crippen molar-refractivity contribution in [2.45, 2.75) is 69.2 Å². The number of aliphatic hydroxyl groups is 1. The van der Waals surface area contributed by atoms with Gasteiger partial charge in [-0.3, -0.25) is 0 Å². The van der Waals surface area contributed by atoms with E-state index in [2.05, 4.69) is 12.6 Å². The molecule has 1 N–H and O–H groups in total. The number of hydrogen-bond donors (Lipinski definition) is 2. The van der Waals surface area contributed by atoms with E-state index >= 15 is 0 Å². The van der Waals surface area contributed by atoms with Crippen LogP contribution in [0.25, 0.3) is 0 Å². The predicted octanol–water partition coefficient (Wildman–Crippen LogP) is 5.77. The van der Waals surface area contributed by atoms with E-state index in [1.165, 1.54) is 35.5 Å². The molecule has 2 heterocycles. The van der Waals surface area contributed by atoms with E-state index in [-0.39, 0.29) is 45.4 Å². The molecule has 0 aromatic carbocycles. The van der Waals surface area contributed by atoms with E-state index < -0.39 is 61.2 Å². The first-order valence-electron chi connectivity index (χ1n) is 14.7. The zero-order chi connectivity index (χ0) is 39.7. The van der Waals surface area contributed by atoms with Crippen LogP contribution in [0.4, 0.5) is 0 Å². The summed E-state index contributed by atoms with van der Waals surface area (Å²) < 4.78 is 80.7. The lowest BCUT2D eigenvalue weighted by Crippen LogP contribution is -2.66. The molecule has 0 bridgehead atoms. The van der Waals surface area contributed by atoms with Crippen molar-refractivity contribution >= 4 is 172 Å². The Kier molecular flexibility index (Phi) is 25.5. The molecule has 2 rings (SSSR count). The molecule has 0 radical (unpaired) electrons. The molecular formula is C26H38O15S12. The molecule has 2 aliphatic rings. The van der Waals surface area contributed by atoms with Crippen LogP contribution in [-0.4, -0.2) is 135 Å². The Morgan fingerprint density at radius 2 is 1.02 bits per heavy atom. The Morgan fingerprint density at radius 1 is 0.585 bits per heavy atom. The highest BCUT2D eigenvalue weighted by Crippen LogP contribution is 2.40. The first-order valence-corrected chi connectivity index (χ1v) is 21.3. The lowest BCUT2D eigenvalue weighted by molar-refractivity contribution is -0.346. The van der Waals surface area contributed by atoms with Gasteiger partial charge in [0.05, 0.1) is 95.8 Å². The molecule has 10 atom stereocenters. The molecule has 8 unspecified atom stereocenters. The third-order valence-electron chi connectivity index (χ3n) is 6.80. The van der Waals surface area contributed by atoms with Gasteiger partial charge in [-0.2, -0.15) is 0 Å². The van der Waals surface area contributed by atoms with Gasteiger partial charge in [0.25, 0.3) is 0 Å². The summed E-state index contributed by atoms with van der Waals surface area (Å²) >= 11 is 40.0. The highest BCUT2D eigenvalue weighted by molar-refractivity contribution is 8.20. The van der Waals surface area contributed by atoms with E-state index in [0.29, 0.717) is 0 Å². The van der Waals surface area contributed by atoms with Gasteiger partial charge < -0.3 is 68.7 Å². The maximum absolute atomic E-state index is 11.3. The van der Waals surface area contributed by atoms with Crippen molar-refractivity contribution in [2.75, 3.05) is 48.8 Å². The molecule has 0 aromatic rings. The monoisotopic (exact) mass is 974 g/mol. The van der Waals surface area contributed by atoms with Crippen molar-refractivity contribution in [2.24, 2.45) is 11.8 Å². The van der Waals surface area contributed by atoms with E-state index in [1.807, 2.05) is 13.8 Å². The molecule has 304 valence electrons. The van der Waals surface area contributed by atoms with Crippen LogP contribution in [0.3, 0.4) is 0 Å². The zero-order valence-electron chi connectivity index (χ0n) is 28.9. The Balaban J connectivity index is 2.78. The normalized spacial score (nSPS) is 28.4. The molecular weight excluding hydrogens is 937 g/mol. The Bertz CT molecular complexity index is 1220. The van der Waals surface area contributed by atoms with Gasteiger partial charge in [0.2, 0.25) is 26.3 Å². The molecule has 0 aromatic heterocycles. The maximum atomic E-state index is 11.3. The smallest absolute Gasteiger partial charge is 0.248 e. The summed E-state index contributed by atoms with van der Waals surface area (Å²) in [6.45, 7) is 3.55. The molecule has 53 heavy (non-hydrogen) atoms. The standard InChI is InChI=1S/C26H38O15S12/c1-10(2)13-11(8-33-21(42)43)36-20(18(41-26(48)53-32-7)15(13)38-23(45)50-29-4)37-14-12(9-34-22(44)49-28-3)35-19(27)17(40-25(47)52-31-6)16(14)39-24(46)51-30-5/h10-20,27H,8-9H2,1-7H3,(H,42,43)/t11?,12-,13?,14?,15?,16?,17?,18?,19+,20?/m0/s1. The summed E-state index contributed by atoms with van der Waals surface area (Å²) in [5, 5.41) is 11.3. The van der Waals surface area contributed by atoms with Crippen LogP contribution in [0.15, 0.2) is 0 Å². The number of thiocarbonyl (C=S) groups is 6. The molecule has 2 aliphatic heterocycles. The third kappa shape index (κ3) is 17.1. The SMILES string of the molecule is COSC(=S)OC[C@@H]1O[C@@H](O)C(OC(=S)SOC)C(OC(=S)SOC)C1OC1OC(COC(=S)S)C(C(C)C)C(OC(=S)SOC)C1OC(=S)SOC. The van der Waals surface area contributed by atoms with Gasteiger partial charge in [-0.15, -0.1) is 0 Å². The molecule has 2 saturated heterocycles. The molecule has 0 saturated carbocycles. The molecule has 2 fully saturated rings. The topological polar surface area (TPSA) is 149 Å². The van der Waals surface area contributed by atoms with Crippen LogP contribution < -0.4 is 0 Å². The number of hydrogen-bond acceptors (Lipinski definition) is 26. The van der Waals surface area contributed by atoms with E-state index in [4.69, 9.17) is 137 Å². The van der Waals surface area contributed by atoms with Crippen LogP contribution in [0.1, 0.15) is 13.8 Å². The summed E-state index contributed by atoms with van der Waals surface area (Å²) in [6, 6.07) is 0. The van der Waals surface area contributed by atoms with E-state index in [9.17, 15) is 5.11 Å². The average molecular weight is 975 g/mol. The summed E-state index contributed by atoms with van der Waals surface area (Å²) in [4.78, 5) is 0. The fourth-order valence-corrected chi connectivity index (χ4v) is 8.14. The second kappa shape index (κ2) is 27.0. The van der Waals surface area contributed by atoms with Crippen LogP contribution in [0, 0.1) is 11.8 Å². The zero-order valence-corrected chi connectivity index (χ0v) is 38.7. The summed E-state index contributed by atoms with van der Waals surface area (Å²) in [5.41, 5.74) is 0. The molecule has 15 nitrogen and oxygen atoms in total. The van der Waals surface area contributed by atoms with Gasteiger partial charge in [0.15, 0.2) is 30.9 Å². The van der Waals surface area contributed by atoms with Crippen molar-refractivity contribution in [3.63, 3.8) is 0 Å². The molecule has 27 heteroatoms. The van der Waals surface area contributed by atoms with Gasteiger partial charge in [0.1, 0.15) is 37.6 Å². The molecule has 0 spiro atoms. The van der Waals surface area contributed by atoms with Gasteiger partial charge >= 0.3 is 0 Å². The Morgan fingerprint density at radius 3 is 1.49 bits per heavy atom. The minimum atomic E-state index is -1.67. The molecule has 0 aliphatic carbocycles. The number of rotatable bonds is 16. The number of ether oxygens (including phenoxy) is 9. The van der Waals surface area contributed by atoms with Crippen molar-refractivity contribution in [3.05, 3.63) is 0 Å². The van der Waals surface area contributed by atoms with E-state index in [1.54, 1.807) is 0 Å². The number of thiol groups is 1. The van der Waals surface area contributed by atoms with Crippen molar-refractivity contribution in [3.8, 4) is 0 Å². The quantitative estimate of drug-likeness (QED) is 0.109. The number of aliphatic hydroxyl groups excluding tert-OH is 1. The van der Waals surface area contributed by atoms with Crippen LogP contribution >= 0.6 is 146 Å². The fourth-order valence-electron chi connectivity index (χ4n) is 5.06. The Hall–Kier alpha value is 1.08. The van der Waals surface area contributed by atoms with Crippen molar-refractivity contribution in [1.29, 1.82) is 0 Å². The summed E-state index contributed by atoms with van der Waals surface area (Å²) in [7, 11) is 7.06. The maximum Gasteiger partial charge on any atom is 0.248 e. The fraction of sp³-hybridized carbons (Fsp3) is 0.769. The second-order valence-electron chi connectivity index (χ2n) is 10.2. The second-order valence-corrected chi connectivity index (χ2v) is 18.8. The minimum Gasteiger partial charge on any atom is -0.476 e. The van der Waals surface area contributed by atoms with Crippen LogP contribution in [-0.2, 0) is 63.5 Å². The lowest BCUT2D eigenvalue weighted by atomic mass is 9.80. The molecule has 0 amide bonds. The summed E-state index contributed by atoms with van der Waals surface area (Å²) in [6.07, 6.45) is -11.0. The van der Waals surface area contributed by atoms with Crippen LogP contribution in [0.5, 0.6) is 0 Å². The average Bonchev–Trinajstić information content (AvgIpc) is 3.07. The van der Waals surface area contributed by atoms with Crippen LogP contribution in [0.2, 0.25) is 0 Å². The minimum absolute atomic E-state index is 0.0118. The van der Waals surface area contributed by atoms with Gasteiger partial charge in [-0.05, 0) is 79.2 Å². The predicted molar refractivity (Wildman–Crippen MR) is 232 cm³/mol. The third-order valence-corrected chi connectivity index (χ3v) is 10.6. The van der Waals surface area contributed by atoms with Gasteiger partial charge in [0, 0.05) is 5.92 Å². The highest BCUT2D eigenvalue weighted by atomic mass is 32.2. The van der Waals surface area contributed by atoms with Gasteiger partial charge in [-0.25, -0.2) is 0 Å².